The highest BCUT2D eigenvalue weighted by Crippen LogP contribution is 2.33. The number of rotatable bonds is 42. The van der Waals surface area contributed by atoms with Gasteiger partial charge in [-0.1, -0.05) is 11.6 Å². The number of hydrogen-bond acceptors (Lipinski definition) is 17. The molecule has 20 nitrogen and oxygen atoms in total. The minimum absolute atomic E-state index is 0.0397. The molecule has 0 unspecified atom stereocenters. The van der Waals surface area contributed by atoms with Crippen molar-refractivity contribution >= 4 is 29.7 Å². The van der Waals surface area contributed by atoms with Crippen LogP contribution in [0.2, 0.25) is 0 Å². The number of unbranched alkanes of at least 4 members (excludes halogenated alkanes) is 1. The summed E-state index contributed by atoms with van der Waals surface area (Å²) in [6, 6.07) is 0.397. The van der Waals surface area contributed by atoms with Gasteiger partial charge in [0.05, 0.1) is 164 Å². The number of urea groups is 1. The second-order valence-corrected chi connectivity index (χ2v) is 15.0. The van der Waals surface area contributed by atoms with Gasteiger partial charge >= 0.3 is 12.0 Å². The van der Waals surface area contributed by atoms with Gasteiger partial charge in [0, 0.05) is 36.6 Å². The van der Waals surface area contributed by atoms with Crippen LogP contribution in [-0.4, -0.2) is 202 Å². The van der Waals surface area contributed by atoms with Crippen molar-refractivity contribution in [3.63, 3.8) is 0 Å². The van der Waals surface area contributed by atoms with Gasteiger partial charge in [0.1, 0.15) is 0 Å². The van der Waals surface area contributed by atoms with Gasteiger partial charge in [-0.15, -0.1) is 5.10 Å². The molecule has 2 fully saturated rings. The number of methoxy groups -OCH3 is 1. The number of nitrogens with zero attached hydrogens (tertiary/aromatic N) is 3. The van der Waals surface area contributed by atoms with Crippen LogP contribution in [0.25, 0.3) is 0 Å². The third kappa shape index (κ3) is 26.6. The van der Waals surface area contributed by atoms with Crippen molar-refractivity contribution in [3.05, 3.63) is 11.9 Å². The van der Waals surface area contributed by atoms with Crippen LogP contribution in [0, 0.1) is 0 Å². The Morgan fingerprint density at radius 1 is 0.683 bits per heavy atom. The van der Waals surface area contributed by atoms with E-state index in [1.54, 1.807) is 4.68 Å². The van der Waals surface area contributed by atoms with Crippen molar-refractivity contribution in [2.75, 3.05) is 152 Å². The molecule has 2 aliphatic heterocycles. The van der Waals surface area contributed by atoms with Crippen molar-refractivity contribution in [3.8, 4) is 0 Å². The van der Waals surface area contributed by atoms with Crippen LogP contribution in [0.3, 0.4) is 0 Å². The zero-order valence-corrected chi connectivity index (χ0v) is 36.3. The number of amides is 3. The van der Waals surface area contributed by atoms with Crippen molar-refractivity contribution in [2.24, 2.45) is 0 Å². The number of aromatic nitrogens is 3. The van der Waals surface area contributed by atoms with Crippen LogP contribution in [0.5, 0.6) is 0 Å². The molecule has 3 heterocycles. The first kappa shape index (κ1) is 51.6. The Labute approximate surface area is 358 Å². The van der Waals surface area contributed by atoms with Crippen molar-refractivity contribution in [1.29, 1.82) is 0 Å². The number of thioether (sulfide) groups is 1. The predicted octanol–water partition coefficient (Wildman–Crippen LogP) is 0.782. The van der Waals surface area contributed by atoms with E-state index in [0.717, 1.165) is 30.7 Å². The maximum atomic E-state index is 12.1. The first-order chi connectivity index (χ1) is 29.5. The summed E-state index contributed by atoms with van der Waals surface area (Å²) < 4.78 is 61.5. The van der Waals surface area contributed by atoms with Crippen LogP contribution in [0.15, 0.2) is 6.20 Å². The van der Waals surface area contributed by atoms with E-state index in [-0.39, 0.29) is 30.0 Å². The molecule has 1 aromatic rings. The van der Waals surface area contributed by atoms with Crippen LogP contribution in [0.4, 0.5) is 4.79 Å². The molecule has 3 atom stereocenters. The Morgan fingerprint density at radius 3 is 1.70 bits per heavy atom. The molecule has 0 bridgehead atoms. The molecule has 0 saturated carbocycles. The quantitative estimate of drug-likeness (QED) is 0.0470. The lowest BCUT2D eigenvalue weighted by Crippen LogP contribution is -2.36. The van der Waals surface area contributed by atoms with E-state index < -0.39 is 0 Å². The summed E-state index contributed by atoms with van der Waals surface area (Å²) in [5, 5.41) is 17.5. The Kier molecular flexibility index (Phi) is 30.9. The lowest BCUT2D eigenvalue weighted by Gasteiger charge is -2.16. The molecule has 2 aliphatic rings. The average Bonchev–Trinajstić information content (AvgIpc) is 3.97. The summed E-state index contributed by atoms with van der Waals surface area (Å²) >= 11 is 1.90. The van der Waals surface area contributed by atoms with E-state index in [2.05, 4.69) is 31.0 Å². The van der Waals surface area contributed by atoms with E-state index in [4.69, 9.17) is 47.4 Å². The normalized spacial score (nSPS) is 17.1. The fourth-order valence-electron chi connectivity index (χ4n) is 5.94. The van der Waals surface area contributed by atoms with E-state index in [1.165, 1.54) is 7.11 Å². The van der Waals surface area contributed by atoms with Gasteiger partial charge in [-0.2, -0.15) is 11.8 Å². The van der Waals surface area contributed by atoms with Gasteiger partial charge in [0.2, 0.25) is 5.91 Å². The first-order valence-electron chi connectivity index (χ1n) is 21.2. The molecule has 0 radical (unpaired) electrons. The minimum Gasteiger partial charge on any atom is -0.469 e. The van der Waals surface area contributed by atoms with E-state index in [1.807, 2.05) is 18.0 Å². The summed E-state index contributed by atoms with van der Waals surface area (Å²) in [6.45, 7) is 10.6. The average molecular weight is 879 g/mol. The zero-order valence-electron chi connectivity index (χ0n) is 35.5. The number of carbonyl (C=O) groups is 3. The number of carbonyl (C=O) groups excluding carboxylic acids is 3. The van der Waals surface area contributed by atoms with Crippen LogP contribution in [0.1, 0.15) is 44.2 Å². The molecule has 0 spiro atoms. The Hall–Kier alpha value is -2.70. The van der Waals surface area contributed by atoms with Crippen LogP contribution >= 0.6 is 11.8 Å². The van der Waals surface area contributed by atoms with Crippen molar-refractivity contribution in [1.82, 2.24) is 30.9 Å². The fourth-order valence-corrected chi connectivity index (χ4v) is 7.49. The van der Waals surface area contributed by atoms with Gasteiger partial charge in [-0.3, -0.25) is 9.59 Å². The number of hydrogen-bond donors (Lipinski definition) is 3. The zero-order chi connectivity index (χ0) is 42.6. The van der Waals surface area contributed by atoms with Crippen molar-refractivity contribution in [2.45, 2.75) is 68.8 Å². The number of aryl methyl sites for hydroxylation is 1. The Balaban J connectivity index is 0.902. The van der Waals surface area contributed by atoms with E-state index >= 15 is 0 Å². The molecule has 0 aliphatic carbocycles. The SMILES string of the molecule is COC(=O)CCCc1cn(CCOCCOCCOCCOCCOCCOCCOCCOCCOCCOCCNC(=O)CCCC[C@@H]2SC[C@@H]3NC(=O)N[C@@H]32)nn1. The molecule has 60 heavy (non-hydrogen) atoms. The maximum absolute atomic E-state index is 12.1. The summed E-state index contributed by atoms with van der Waals surface area (Å²) in [4.78, 5) is 34.7. The van der Waals surface area contributed by atoms with Crippen LogP contribution < -0.4 is 16.0 Å². The van der Waals surface area contributed by atoms with Gasteiger partial charge in [0.25, 0.3) is 0 Å². The molecular formula is C39H70N6O14S. The molecule has 2 saturated heterocycles. The summed E-state index contributed by atoms with van der Waals surface area (Å²) in [6.07, 6.45) is 6.91. The maximum Gasteiger partial charge on any atom is 0.315 e. The highest BCUT2D eigenvalue weighted by Gasteiger charge is 2.42. The number of nitrogens with one attached hydrogen (secondary N) is 3. The smallest absolute Gasteiger partial charge is 0.315 e. The number of ether oxygens (including phenoxy) is 11. The molecule has 3 N–H and O–H groups in total. The second kappa shape index (κ2) is 35.9. The molecule has 1 aromatic heterocycles. The monoisotopic (exact) mass is 878 g/mol. The fraction of sp³-hybridized carbons (Fsp3) is 0.872. The standard InChI is InChI=1S/C39H70N6O14S/c1-49-37(47)8-4-5-33-31-45(44-43-33)10-12-51-14-16-53-18-20-55-22-24-57-26-28-59-30-29-58-27-25-56-23-21-54-19-17-52-15-13-50-11-9-40-36(46)7-3-2-6-35-38-34(32-60-35)41-39(48)42-38/h31,34-35,38H,2-30,32H2,1H3,(H,40,46)(H2,41,42,48)/t34-,35-,38-/m0/s1. The van der Waals surface area contributed by atoms with Gasteiger partial charge in [-0.05, 0) is 25.7 Å². The number of fused-ring (bicyclic) bond motifs is 1. The third-order valence-corrected chi connectivity index (χ3v) is 10.6. The van der Waals surface area contributed by atoms with E-state index in [0.29, 0.717) is 176 Å². The lowest BCUT2D eigenvalue weighted by atomic mass is 10.0. The van der Waals surface area contributed by atoms with Crippen molar-refractivity contribution < 1.29 is 66.5 Å². The lowest BCUT2D eigenvalue weighted by molar-refractivity contribution is -0.140. The van der Waals surface area contributed by atoms with Gasteiger partial charge < -0.3 is 68.1 Å². The highest BCUT2D eigenvalue weighted by atomic mass is 32.2. The van der Waals surface area contributed by atoms with E-state index in [9.17, 15) is 14.4 Å². The molecule has 346 valence electrons. The summed E-state index contributed by atoms with van der Waals surface area (Å²) in [5.41, 5.74) is 0.841. The Morgan fingerprint density at radius 2 is 1.18 bits per heavy atom. The van der Waals surface area contributed by atoms with Crippen LogP contribution in [-0.2, 0) is 74.7 Å². The molecule has 0 aromatic carbocycles. The minimum atomic E-state index is -0.220. The first-order valence-corrected chi connectivity index (χ1v) is 22.3. The molecule has 3 rings (SSSR count). The Bertz CT molecular complexity index is 1240. The summed E-state index contributed by atoms with van der Waals surface area (Å²) in [5.74, 6) is 0.776. The number of esters is 1. The van der Waals surface area contributed by atoms with Gasteiger partial charge in [-0.25, -0.2) is 9.48 Å². The highest BCUT2D eigenvalue weighted by molar-refractivity contribution is 8.00. The second-order valence-electron chi connectivity index (χ2n) is 13.7. The summed E-state index contributed by atoms with van der Waals surface area (Å²) in [7, 11) is 1.38. The topological polar surface area (TPSA) is 220 Å². The van der Waals surface area contributed by atoms with Gasteiger partial charge in [0.15, 0.2) is 0 Å². The molecule has 21 heteroatoms. The predicted molar refractivity (Wildman–Crippen MR) is 220 cm³/mol. The molecular weight excluding hydrogens is 809 g/mol. The third-order valence-electron chi connectivity index (χ3n) is 9.09. The largest absolute Gasteiger partial charge is 0.469 e. The molecule has 3 amide bonds.